The first-order valence-electron chi connectivity index (χ1n) is 6.75. The molecule has 0 amide bonds. The highest BCUT2D eigenvalue weighted by molar-refractivity contribution is 7.91. The second kappa shape index (κ2) is 5.91. The SMILES string of the molecule is CC(C)N(CC1CC1)S(=O)(=O)c1ccc(CCN)s1. The molecule has 2 rings (SSSR count). The Kier molecular flexibility index (Phi) is 4.66. The molecule has 6 heteroatoms. The van der Waals surface area contributed by atoms with Crippen molar-refractivity contribution in [3.8, 4) is 0 Å². The molecule has 0 unspecified atom stereocenters. The Labute approximate surface area is 119 Å². The summed E-state index contributed by atoms with van der Waals surface area (Å²) in [6.07, 6.45) is 3.05. The van der Waals surface area contributed by atoms with Crippen molar-refractivity contribution in [3.63, 3.8) is 0 Å². The lowest BCUT2D eigenvalue weighted by atomic mass is 10.3. The standard InChI is InChI=1S/C13H22N2O2S2/c1-10(2)15(9-11-3-4-11)19(16,17)13-6-5-12(18-13)7-8-14/h5-6,10-11H,3-4,7-9,14H2,1-2H3. The Morgan fingerprint density at radius 3 is 2.63 bits per heavy atom. The Bertz CT molecular complexity index is 519. The number of nitrogens with two attached hydrogens (primary N) is 1. The summed E-state index contributed by atoms with van der Waals surface area (Å²) in [7, 11) is -3.34. The van der Waals surface area contributed by atoms with Gasteiger partial charge in [0.25, 0.3) is 10.0 Å². The molecule has 1 saturated carbocycles. The zero-order valence-electron chi connectivity index (χ0n) is 11.5. The quantitative estimate of drug-likeness (QED) is 0.838. The van der Waals surface area contributed by atoms with E-state index in [4.69, 9.17) is 5.73 Å². The molecule has 0 atom stereocenters. The smallest absolute Gasteiger partial charge is 0.252 e. The van der Waals surface area contributed by atoms with Gasteiger partial charge < -0.3 is 5.73 Å². The number of thiophene rings is 1. The van der Waals surface area contributed by atoms with Crippen molar-refractivity contribution in [2.75, 3.05) is 13.1 Å². The molecule has 1 aliphatic rings. The van der Waals surface area contributed by atoms with Gasteiger partial charge in [0.2, 0.25) is 0 Å². The maximum Gasteiger partial charge on any atom is 0.252 e. The normalized spacial score (nSPS) is 16.5. The summed E-state index contributed by atoms with van der Waals surface area (Å²) >= 11 is 1.35. The fourth-order valence-electron chi connectivity index (χ4n) is 2.03. The van der Waals surface area contributed by atoms with Crippen LogP contribution in [0.1, 0.15) is 31.6 Å². The summed E-state index contributed by atoms with van der Waals surface area (Å²) in [5.41, 5.74) is 5.51. The van der Waals surface area contributed by atoms with Crippen LogP contribution in [-0.2, 0) is 16.4 Å². The van der Waals surface area contributed by atoms with Crippen LogP contribution in [0.25, 0.3) is 0 Å². The van der Waals surface area contributed by atoms with Crippen molar-refractivity contribution >= 4 is 21.4 Å². The van der Waals surface area contributed by atoms with Crippen LogP contribution >= 0.6 is 11.3 Å². The van der Waals surface area contributed by atoms with Crippen molar-refractivity contribution in [1.82, 2.24) is 4.31 Å². The molecule has 1 heterocycles. The monoisotopic (exact) mass is 302 g/mol. The number of hydrogen-bond acceptors (Lipinski definition) is 4. The van der Waals surface area contributed by atoms with Gasteiger partial charge in [0.05, 0.1) is 0 Å². The van der Waals surface area contributed by atoms with Gasteiger partial charge in [-0.2, -0.15) is 4.31 Å². The van der Waals surface area contributed by atoms with Gasteiger partial charge in [-0.15, -0.1) is 11.3 Å². The van der Waals surface area contributed by atoms with Crippen molar-refractivity contribution in [1.29, 1.82) is 0 Å². The molecule has 19 heavy (non-hydrogen) atoms. The molecule has 0 radical (unpaired) electrons. The first kappa shape index (κ1) is 15.0. The van der Waals surface area contributed by atoms with E-state index < -0.39 is 10.0 Å². The highest BCUT2D eigenvalue weighted by atomic mass is 32.2. The van der Waals surface area contributed by atoms with Gasteiger partial charge in [0, 0.05) is 17.5 Å². The van der Waals surface area contributed by atoms with E-state index in [0.717, 1.165) is 24.1 Å². The zero-order valence-corrected chi connectivity index (χ0v) is 13.1. The molecule has 1 fully saturated rings. The number of hydrogen-bond donors (Lipinski definition) is 1. The predicted octanol–water partition coefficient (Wildman–Crippen LogP) is 2.06. The fraction of sp³-hybridized carbons (Fsp3) is 0.692. The third-order valence-electron chi connectivity index (χ3n) is 3.30. The van der Waals surface area contributed by atoms with E-state index >= 15 is 0 Å². The van der Waals surface area contributed by atoms with Crippen LogP contribution < -0.4 is 5.73 Å². The maximum absolute atomic E-state index is 12.7. The van der Waals surface area contributed by atoms with Crippen molar-refractivity contribution < 1.29 is 8.42 Å². The van der Waals surface area contributed by atoms with Gasteiger partial charge in [-0.25, -0.2) is 8.42 Å². The topological polar surface area (TPSA) is 63.4 Å². The maximum atomic E-state index is 12.7. The van der Waals surface area contributed by atoms with Crippen molar-refractivity contribution in [3.05, 3.63) is 17.0 Å². The molecule has 0 spiro atoms. The minimum atomic E-state index is -3.34. The summed E-state index contributed by atoms with van der Waals surface area (Å²) < 4.78 is 27.4. The van der Waals surface area contributed by atoms with E-state index in [1.54, 1.807) is 10.4 Å². The highest BCUT2D eigenvalue weighted by Gasteiger charge is 2.34. The Morgan fingerprint density at radius 1 is 1.42 bits per heavy atom. The third kappa shape index (κ3) is 3.56. The van der Waals surface area contributed by atoms with E-state index in [1.807, 2.05) is 19.9 Å². The van der Waals surface area contributed by atoms with Gasteiger partial charge in [-0.05, 0) is 57.7 Å². The molecule has 1 aromatic rings. The van der Waals surface area contributed by atoms with Gasteiger partial charge in [0.1, 0.15) is 4.21 Å². The van der Waals surface area contributed by atoms with Crippen molar-refractivity contribution in [2.24, 2.45) is 11.7 Å². The van der Waals surface area contributed by atoms with Crippen LogP contribution in [-0.4, -0.2) is 31.9 Å². The minimum absolute atomic E-state index is 0.00524. The van der Waals surface area contributed by atoms with E-state index in [-0.39, 0.29) is 6.04 Å². The zero-order chi connectivity index (χ0) is 14.0. The number of sulfonamides is 1. The van der Waals surface area contributed by atoms with E-state index in [2.05, 4.69) is 0 Å². The van der Waals surface area contributed by atoms with Gasteiger partial charge in [0.15, 0.2) is 0 Å². The van der Waals surface area contributed by atoms with E-state index in [0.29, 0.717) is 23.2 Å². The first-order chi connectivity index (χ1) is 8.95. The van der Waals surface area contributed by atoms with Crippen LogP contribution in [0.3, 0.4) is 0 Å². The summed E-state index contributed by atoms with van der Waals surface area (Å²) in [4.78, 5) is 1.04. The summed E-state index contributed by atoms with van der Waals surface area (Å²) in [5.74, 6) is 0.556. The molecule has 1 aromatic heterocycles. The molecule has 0 aromatic carbocycles. The summed E-state index contributed by atoms with van der Waals surface area (Å²) in [6, 6.07) is 3.60. The van der Waals surface area contributed by atoms with Crippen molar-refractivity contribution in [2.45, 2.75) is 43.4 Å². The lowest BCUT2D eigenvalue weighted by Crippen LogP contribution is -2.38. The van der Waals surface area contributed by atoms with E-state index in [1.165, 1.54) is 11.3 Å². The highest BCUT2D eigenvalue weighted by Crippen LogP contribution is 2.34. The second-order valence-corrected chi connectivity index (χ2v) is 8.66. The lowest BCUT2D eigenvalue weighted by molar-refractivity contribution is 0.342. The number of rotatable bonds is 7. The first-order valence-corrected chi connectivity index (χ1v) is 9.01. The predicted molar refractivity (Wildman–Crippen MR) is 78.8 cm³/mol. The van der Waals surface area contributed by atoms with Crippen LogP contribution in [0.4, 0.5) is 0 Å². The molecule has 4 nitrogen and oxygen atoms in total. The Morgan fingerprint density at radius 2 is 2.11 bits per heavy atom. The molecule has 108 valence electrons. The summed E-state index contributed by atoms with van der Waals surface area (Å²) in [5, 5.41) is 0. The van der Waals surface area contributed by atoms with Crippen LogP contribution in [0.2, 0.25) is 0 Å². The van der Waals surface area contributed by atoms with Crippen LogP contribution in [0, 0.1) is 5.92 Å². The Hall–Kier alpha value is -0.430. The van der Waals surface area contributed by atoms with Crippen LogP contribution in [0.15, 0.2) is 16.3 Å². The average molecular weight is 302 g/mol. The van der Waals surface area contributed by atoms with Gasteiger partial charge in [-0.1, -0.05) is 0 Å². The van der Waals surface area contributed by atoms with Crippen LogP contribution in [0.5, 0.6) is 0 Å². The number of nitrogens with zero attached hydrogens (tertiary/aromatic N) is 1. The second-order valence-electron chi connectivity index (χ2n) is 5.37. The fourth-order valence-corrected chi connectivity index (χ4v) is 5.24. The average Bonchev–Trinajstić information content (AvgIpc) is 3.03. The van der Waals surface area contributed by atoms with Gasteiger partial charge in [-0.3, -0.25) is 0 Å². The largest absolute Gasteiger partial charge is 0.330 e. The molecular formula is C13H22N2O2S2. The lowest BCUT2D eigenvalue weighted by Gasteiger charge is -2.25. The summed E-state index contributed by atoms with van der Waals surface area (Å²) in [6.45, 7) is 5.09. The molecule has 1 aliphatic carbocycles. The minimum Gasteiger partial charge on any atom is -0.330 e. The molecular weight excluding hydrogens is 280 g/mol. The Balaban J connectivity index is 2.21. The third-order valence-corrected chi connectivity index (χ3v) is 6.96. The van der Waals surface area contributed by atoms with E-state index in [9.17, 15) is 8.42 Å². The van der Waals surface area contributed by atoms with Gasteiger partial charge >= 0.3 is 0 Å². The molecule has 0 bridgehead atoms. The molecule has 2 N–H and O–H groups in total. The molecule has 0 aliphatic heterocycles. The molecule has 0 saturated heterocycles.